The number of amides is 1. The van der Waals surface area contributed by atoms with E-state index in [1.807, 2.05) is 0 Å². The highest BCUT2D eigenvalue weighted by Gasteiger charge is 2.16. The van der Waals surface area contributed by atoms with Gasteiger partial charge in [0.1, 0.15) is 0 Å². The van der Waals surface area contributed by atoms with Crippen molar-refractivity contribution in [2.75, 3.05) is 13.7 Å². The standard InChI is InChI=1S/C12H13N3O4/c1-19-12(18)10(16)5-13-11(17)7-2-3-8-9(4-7)15-6-14-8/h2-4,6,10,16H,5H2,1H3,(H,13,17)(H,14,15). The van der Waals surface area contributed by atoms with Crippen molar-refractivity contribution in [1.29, 1.82) is 0 Å². The van der Waals surface area contributed by atoms with Crippen LogP contribution in [0.1, 0.15) is 10.4 Å². The minimum absolute atomic E-state index is 0.202. The van der Waals surface area contributed by atoms with Crippen molar-refractivity contribution in [3.05, 3.63) is 30.1 Å². The first-order valence-corrected chi connectivity index (χ1v) is 5.59. The zero-order chi connectivity index (χ0) is 13.8. The highest BCUT2D eigenvalue weighted by Crippen LogP contribution is 2.11. The summed E-state index contributed by atoms with van der Waals surface area (Å²) >= 11 is 0. The van der Waals surface area contributed by atoms with Crippen LogP contribution in [-0.4, -0.2) is 46.7 Å². The van der Waals surface area contributed by atoms with Crippen LogP contribution in [0.3, 0.4) is 0 Å². The molecule has 0 saturated carbocycles. The van der Waals surface area contributed by atoms with Crippen LogP contribution in [0.2, 0.25) is 0 Å². The Labute approximate surface area is 108 Å². The molecule has 0 radical (unpaired) electrons. The molecule has 0 aliphatic rings. The lowest BCUT2D eigenvalue weighted by molar-refractivity contribution is -0.149. The summed E-state index contributed by atoms with van der Waals surface area (Å²) in [7, 11) is 1.17. The summed E-state index contributed by atoms with van der Waals surface area (Å²) in [6.07, 6.45) is 0.165. The first-order chi connectivity index (χ1) is 9.11. The first-order valence-electron chi connectivity index (χ1n) is 5.59. The van der Waals surface area contributed by atoms with Crippen molar-refractivity contribution in [2.45, 2.75) is 6.10 Å². The lowest BCUT2D eigenvalue weighted by Crippen LogP contribution is -2.37. The Hall–Kier alpha value is -2.41. The minimum Gasteiger partial charge on any atom is -0.467 e. The molecule has 1 heterocycles. The third-order valence-electron chi connectivity index (χ3n) is 2.61. The number of aromatic nitrogens is 2. The molecule has 7 heteroatoms. The molecule has 2 aromatic rings. The zero-order valence-corrected chi connectivity index (χ0v) is 10.2. The van der Waals surface area contributed by atoms with Crippen molar-refractivity contribution < 1.29 is 19.4 Å². The molecule has 0 saturated heterocycles. The Morgan fingerprint density at radius 3 is 3.05 bits per heavy atom. The average Bonchev–Trinajstić information content (AvgIpc) is 2.90. The fraction of sp³-hybridized carbons (Fsp3) is 0.250. The van der Waals surface area contributed by atoms with Gasteiger partial charge >= 0.3 is 5.97 Å². The van der Waals surface area contributed by atoms with Gasteiger partial charge in [0.15, 0.2) is 6.10 Å². The van der Waals surface area contributed by atoms with Crippen molar-refractivity contribution in [3.63, 3.8) is 0 Å². The van der Waals surface area contributed by atoms with Crippen LogP contribution >= 0.6 is 0 Å². The molecule has 0 aliphatic carbocycles. The number of carbonyl (C=O) groups excluding carboxylic acids is 2. The van der Waals surface area contributed by atoms with Gasteiger partial charge in [-0.1, -0.05) is 0 Å². The number of carbonyl (C=O) groups is 2. The van der Waals surface area contributed by atoms with E-state index in [1.165, 1.54) is 13.4 Å². The number of aliphatic hydroxyl groups is 1. The van der Waals surface area contributed by atoms with Gasteiger partial charge < -0.3 is 20.1 Å². The summed E-state index contributed by atoms with van der Waals surface area (Å²) in [4.78, 5) is 29.7. The molecule has 0 fully saturated rings. The molecule has 0 aliphatic heterocycles. The molecule has 0 spiro atoms. The maximum atomic E-state index is 11.8. The van der Waals surface area contributed by atoms with Crippen LogP contribution in [0.5, 0.6) is 0 Å². The molecule has 2 rings (SSSR count). The Bertz CT molecular complexity index is 608. The lowest BCUT2D eigenvalue weighted by atomic mass is 10.2. The Kier molecular flexibility index (Phi) is 3.76. The lowest BCUT2D eigenvalue weighted by Gasteiger charge is -2.09. The summed E-state index contributed by atoms with van der Waals surface area (Å²) < 4.78 is 4.34. The number of esters is 1. The molecule has 1 aromatic carbocycles. The normalized spacial score (nSPS) is 12.1. The molecule has 0 bridgehead atoms. The van der Waals surface area contributed by atoms with Crippen molar-refractivity contribution >= 4 is 22.9 Å². The number of imidazole rings is 1. The third kappa shape index (κ3) is 2.89. The zero-order valence-electron chi connectivity index (χ0n) is 10.2. The summed E-state index contributed by atoms with van der Waals surface area (Å²) in [5.41, 5.74) is 1.90. The van der Waals surface area contributed by atoms with Crippen LogP contribution in [0.15, 0.2) is 24.5 Å². The Morgan fingerprint density at radius 1 is 1.53 bits per heavy atom. The van der Waals surface area contributed by atoms with E-state index in [4.69, 9.17) is 0 Å². The van der Waals surface area contributed by atoms with E-state index in [9.17, 15) is 14.7 Å². The fourth-order valence-electron chi connectivity index (χ4n) is 1.59. The van der Waals surface area contributed by atoms with Gasteiger partial charge in [-0.2, -0.15) is 0 Å². The number of rotatable bonds is 4. The summed E-state index contributed by atoms with van der Waals surface area (Å²) in [5.74, 6) is -1.18. The number of nitrogens with zero attached hydrogens (tertiary/aromatic N) is 1. The van der Waals surface area contributed by atoms with E-state index in [0.29, 0.717) is 5.56 Å². The average molecular weight is 263 g/mol. The summed E-state index contributed by atoms with van der Waals surface area (Å²) in [6.45, 7) is -0.202. The van der Waals surface area contributed by atoms with Crippen molar-refractivity contribution in [3.8, 4) is 0 Å². The third-order valence-corrected chi connectivity index (χ3v) is 2.61. The van der Waals surface area contributed by atoms with Crippen LogP contribution in [0.25, 0.3) is 11.0 Å². The van der Waals surface area contributed by atoms with Gasteiger partial charge in [0.05, 0.1) is 31.0 Å². The number of nitrogens with one attached hydrogen (secondary N) is 2. The molecule has 1 atom stereocenters. The monoisotopic (exact) mass is 263 g/mol. The smallest absolute Gasteiger partial charge is 0.336 e. The van der Waals surface area contributed by atoms with Gasteiger partial charge in [0.2, 0.25) is 0 Å². The number of methoxy groups -OCH3 is 1. The van der Waals surface area contributed by atoms with Gasteiger partial charge in [-0.25, -0.2) is 9.78 Å². The van der Waals surface area contributed by atoms with E-state index in [-0.39, 0.29) is 12.5 Å². The number of hydrogen-bond donors (Lipinski definition) is 3. The topological polar surface area (TPSA) is 104 Å². The highest BCUT2D eigenvalue weighted by atomic mass is 16.5. The van der Waals surface area contributed by atoms with Crippen molar-refractivity contribution in [1.82, 2.24) is 15.3 Å². The second-order valence-electron chi connectivity index (χ2n) is 3.88. The maximum absolute atomic E-state index is 11.8. The van der Waals surface area contributed by atoms with Crippen LogP contribution < -0.4 is 5.32 Å². The number of H-pyrrole nitrogens is 1. The van der Waals surface area contributed by atoms with E-state index < -0.39 is 12.1 Å². The molecule has 100 valence electrons. The quantitative estimate of drug-likeness (QED) is 0.664. The maximum Gasteiger partial charge on any atom is 0.336 e. The fourth-order valence-corrected chi connectivity index (χ4v) is 1.59. The van der Waals surface area contributed by atoms with E-state index in [2.05, 4.69) is 20.0 Å². The van der Waals surface area contributed by atoms with Crippen LogP contribution in [0, 0.1) is 0 Å². The molecular weight excluding hydrogens is 250 g/mol. The number of hydrogen-bond acceptors (Lipinski definition) is 5. The van der Waals surface area contributed by atoms with Gasteiger partial charge in [0.25, 0.3) is 5.91 Å². The number of fused-ring (bicyclic) bond motifs is 1. The molecule has 1 aromatic heterocycles. The molecule has 3 N–H and O–H groups in total. The Morgan fingerprint density at radius 2 is 2.32 bits per heavy atom. The number of benzene rings is 1. The van der Waals surface area contributed by atoms with Crippen LogP contribution in [0.4, 0.5) is 0 Å². The number of aromatic amines is 1. The predicted octanol–water partition coefficient (Wildman–Crippen LogP) is -0.173. The SMILES string of the molecule is COC(=O)C(O)CNC(=O)c1ccc2nc[nH]c2c1. The van der Waals surface area contributed by atoms with Gasteiger partial charge in [-0.15, -0.1) is 0 Å². The van der Waals surface area contributed by atoms with Crippen molar-refractivity contribution in [2.24, 2.45) is 0 Å². The van der Waals surface area contributed by atoms with Gasteiger partial charge in [0, 0.05) is 5.56 Å². The second kappa shape index (κ2) is 5.49. The van der Waals surface area contributed by atoms with Gasteiger partial charge in [-0.3, -0.25) is 4.79 Å². The first kappa shape index (κ1) is 13.0. The summed E-state index contributed by atoms with van der Waals surface area (Å²) in [5, 5.41) is 11.8. The number of aliphatic hydroxyl groups excluding tert-OH is 1. The van der Waals surface area contributed by atoms with Gasteiger partial charge in [-0.05, 0) is 18.2 Å². The molecule has 1 amide bonds. The molecular formula is C12H13N3O4. The largest absolute Gasteiger partial charge is 0.467 e. The van der Waals surface area contributed by atoms with Crippen LogP contribution in [-0.2, 0) is 9.53 Å². The second-order valence-corrected chi connectivity index (χ2v) is 3.88. The van der Waals surface area contributed by atoms with E-state index >= 15 is 0 Å². The minimum atomic E-state index is -1.37. The summed E-state index contributed by atoms with van der Waals surface area (Å²) in [6, 6.07) is 4.96. The number of ether oxygens (including phenoxy) is 1. The Balaban J connectivity index is 2.01. The highest BCUT2D eigenvalue weighted by molar-refractivity contribution is 5.97. The molecule has 7 nitrogen and oxygen atoms in total. The van der Waals surface area contributed by atoms with E-state index in [1.54, 1.807) is 18.2 Å². The predicted molar refractivity (Wildman–Crippen MR) is 66.4 cm³/mol. The van der Waals surface area contributed by atoms with E-state index in [0.717, 1.165) is 11.0 Å². The molecule has 19 heavy (non-hydrogen) atoms. The molecule has 1 unspecified atom stereocenters.